The summed E-state index contributed by atoms with van der Waals surface area (Å²) >= 11 is 0. The van der Waals surface area contributed by atoms with E-state index in [0.29, 0.717) is 23.3 Å². The van der Waals surface area contributed by atoms with Crippen LogP contribution in [0.1, 0.15) is 48.9 Å². The lowest BCUT2D eigenvalue weighted by Crippen LogP contribution is -2.22. The molecule has 0 amide bonds. The van der Waals surface area contributed by atoms with E-state index in [2.05, 4.69) is 21.3 Å². The highest BCUT2D eigenvalue weighted by molar-refractivity contribution is 6.07. The Hall–Kier alpha value is -2.17. The van der Waals surface area contributed by atoms with Gasteiger partial charge in [-0.15, -0.1) is 10.2 Å². The number of nitrogens with two attached hydrogens (primary N) is 2. The average molecular weight is 297 g/mol. The number of hydrogen-bond donors (Lipinski definition) is 2. The minimum Gasteiger partial charge on any atom is -0.396 e. The quantitative estimate of drug-likeness (QED) is 0.658. The standard InChI is InChI=1S/C17H23N5/c1-10-8-11(2)14-13(9-10)21-22-16(15(14)18)17(19)20-12-6-4-3-5-7-12/h8-9,12H,3-7H2,1-2H3,(H2,18,21)(H2,19,20). The Bertz CT molecular complexity index is 729. The van der Waals surface area contributed by atoms with Crippen LogP contribution >= 0.6 is 0 Å². The number of nitrogen functional groups attached to an aromatic ring is 1. The van der Waals surface area contributed by atoms with E-state index in [0.717, 1.165) is 34.9 Å². The first-order valence-electron chi connectivity index (χ1n) is 7.93. The number of benzene rings is 1. The third-order valence-corrected chi connectivity index (χ3v) is 4.38. The molecule has 4 N–H and O–H groups in total. The highest BCUT2D eigenvalue weighted by Crippen LogP contribution is 2.27. The monoisotopic (exact) mass is 297 g/mol. The van der Waals surface area contributed by atoms with Crippen molar-refractivity contribution in [3.63, 3.8) is 0 Å². The lowest BCUT2D eigenvalue weighted by Gasteiger charge is -2.18. The van der Waals surface area contributed by atoms with Gasteiger partial charge in [0.15, 0.2) is 5.69 Å². The predicted octanol–water partition coefficient (Wildman–Crippen LogP) is 2.87. The molecule has 1 fully saturated rings. The summed E-state index contributed by atoms with van der Waals surface area (Å²) in [5, 5.41) is 9.44. The summed E-state index contributed by atoms with van der Waals surface area (Å²) in [4.78, 5) is 4.63. The molecule has 1 saturated carbocycles. The molecule has 5 nitrogen and oxygen atoms in total. The summed E-state index contributed by atoms with van der Waals surface area (Å²) in [5.74, 6) is 0.416. The van der Waals surface area contributed by atoms with Crippen LogP contribution in [-0.2, 0) is 0 Å². The first-order chi connectivity index (χ1) is 10.6. The minimum absolute atomic E-state index is 0.296. The van der Waals surface area contributed by atoms with Gasteiger partial charge in [0.05, 0.1) is 17.2 Å². The number of aryl methyl sites for hydroxylation is 2. The van der Waals surface area contributed by atoms with Crippen LogP contribution in [0.15, 0.2) is 17.1 Å². The van der Waals surface area contributed by atoms with Crippen LogP contribution in [0.2, 0.25) is 0 Å². The molecule has 0 bridgehead atoms. The van der Waals surface area contributed by atoms with Crippen molar-refractivity contribution < 1.29 is 0 Å². The number of fused-ring (bicyclic) bond motifs is 1. The summed E-state index contributed by atoms with van der Waals surface area (Å²) in [7, 11) is 0. The van der Waals surface area contributed by atoms with E-state index in [1.54, 1.807) is 0 Å². The van der Waals surface area contributed by atoms with Gasteiger partial charge in [0.2, 0.25) is 0 Å². The van der Waals surface area contributed by atoms with E-state index in [9.17, 15) is 0 Å². The second kappa shape index (κ2) is 5.91. The predicted molar refractivity (Wildman–Crippen MR) is 91.0 cm³/mol. The fourth-order valence-electron chi connectivity index (χ4n) is 3.31. The molecule has 1 aliphatic carbocycles. The van der Waals surface area contributed by atoms with Gasteiger partial charge in [0.25, 0.3) is 0 Å². The number of nitrogens with zero attached hydrogens (tertiary/aromatic N) is 3. The van der Waals surface area contributed by atoms with Gasteiger partial charge in [-0.05, 0) is 43.9 Å². The van der Waals surface area contributed by atoms with E-state index >= 15 is 0 Å². The largest absolute Gasteiger partial charge is 0.396 e. The van der Waals surface area contributed by atoms with Gasteiger partial charge in [0, 0.05) is 5.39 Å². The summed E-state index contributed by atoms with van der Waals surface area (Å²) in [6.07, 6.45) is 5.93. The smallest absolute Gasteiger partial charge is 0.151 e. The number of aromatic nitrogens is 2. The maximum Gasteiger partial charge on any atom is 0.151 e. The van der Waals surface area contributed by atoms with Gasteiger partial charge < -0.3 is 11.5 Å². The fraction of sp³-hybridized carbons (Fsp3) is 0.471. The number of amidine groups is 1. The Morgan fingerprint density at radius 1 is 1.14 bits per heavy atom. The van der Waals surface area contributed by atoms with Gasteiger partial charge in [-0.25, -0.2) is 0 Å². The van der Waals surface area contributed by atoms with Crippen molar-refractivity contribution in [2.24, 2.45) is 10.7 Å². The molecule has 1 aromatic heterocycles. The Labute approximate surface area is 130 Å². The highest BCUT2D eigenvalue weighted by Gasteiger charge is 2.17. The third-order valence-electron chi connectivity index (χ3n) is 4.38. The molecule has 22 heavy (non-hydrogen) atoms. The summed E-state index contributed by atoms with van der Waals surface area (Å²) in [6, 6.07) is 4.38. The molecule has 116 valence electrons. The lowest BCUT2D eigenvalue weighted by molar-refractivity contribution is 0.443. The zero-order valence-corrected chi connectivity index (χ0v) is 13.3. The van der Waals surface area contributed by atoms with Crippen LogP contribution in [0.5, 0.6) is 0 Å². The maximum atomic E-state index is 6.31. The lowest BCUT2D eigenvalue weighted by atomic mass is 9.96. The molecule has 0 saturated heterocycles. The van der Waals surface area contributed by atoms with Crippen LogP contribution in [0, 0.1) is 13.8 Å². The molecule has 5 heteroatoms. The number of aliphatic imine (C=N–C) groups is 1. The normalized spacial score (nSPS) is 17.1. The minimum atomic E-state index is 0.296. The number of hydrogen-bond acceptors (Lipinski definition) is 4. The van der Waals surface area contributed by atoms with Crippen molar-refractivity contribution in [3.8, 4) is 0 Å². The van der Waals surface area contributed by atoms with Crippen LogP contribution in [0.4, 0.5) is 5.69 Å². The molecule has 3 rings (SSSR count). The molecule has 0 atom stereocenters. The van der Waals surface area contributed by atoms with Gasteiger partial charge in [-0.3, -0.25) is 4.99 Å². The highest BCUT2D eigenvalue weighted by atomic mass is 15.1. The Morgan fingerprint density at radius 3 is 2.59 bits per heavy atom. The third kappa shape index (κ3) is 2.75. The number of rotatable bonds is 2. The van der Waals surface area contributed by atoms with Crippen molar-refractivity contribution in [1.82, 2.24) is 10.2 Å². The maximum absolute atomic E-state index is 6.31. The molecule has 0 aliphatic heterocycles. The Kier molecular flexibility index (Phi) is 3.96. The molecule has 1 heterocycles. The molecular formula is C17H23N5. The molecule has 2 aromatic rings. The summed E-state index contributed by atoms with van der Waals surface area (Å²) in [6.45, 7) is 4.07. The topological polar surface area (TPSA) is 90.2 Å². The Balaban J connectivity index is 2.03. The van der Waals surface area contributed by atoms with Gasteiger partial charge in [-0.2, -0.15) is 0 Å². The summed E-state index contributed by atoms with van der Waals surface area (Å²) in [5.41, 5.74) is 16.6. The van der Waals surface area contributed by atoms with E-state index < -0.39 is 0 Å². The van der Waals surface area contributed by atoms with Gasteiger partial charge >= 0.3 is 0 Å². The number of anilines is 1. The first kappa shape index (κ1) is 14.8. The van der Waals surface area contributed by atoms with Crippen molar-refractivity contribution in [2.75, 3.05) is 5.73 Å². The van der Waals surface area contributed by atoms with Crippen LogP contribution in [0.25, 0.3) is 10.9 Å². The van der Waals surface area contributed by atoms with Crippen LogP contribution < -0.4 is 11.5 Å². The molecule has 1 aromatic carbocycles. The van der Waals surface area contributed by atoms with Crippen LogP contribution in [0.3, 0.4) is 0 Å². The average Bonchev–Trinajstić information content (AvgIpc) is 2.47. The zero-order chi connectivity index (χ0) is 15.7. The molecule has 0 radical (unpaired) electrons. The van der Waals surface area contributed by atoms with Gasteiger partial charge in [-0.1, -0.05) is 25.3 Å². The first-order valence-corrected chi connectivity index (χ1v) is 7.93. The van der Waals surface area contributed by atoms with Crippen molar-refractivity contribution in [2.45, 2.75) is 52.0 Å². The van der Waals surface area contributed by atoms with E-state index in [-0.39, 0.29) is 0 Å². The van der Waals surface area contributed by atoms with Crippen molar-refractivity contribution in [3.05, 3.63) is 29.0 Å². The molecular weight excluding hydrogens is 274 g/mol. The second-order valence-electron chi connectivity index (χ2n) is 6.24. The van der Waals surface area contributed by atoms with E-state index in [1.807, 2.05) is 19.9 Å². The fourth-order valence-corrected chi connectivity index (χ4v) is 3.31. The van der Waals surface area contributed by atoms with Gasteiger partial charge in [0.1, 0.15) is 5.84 Å². The van der Waals surface area contributed by atoms with Crippen LogP contribution in [-0.4, -0.2) is 22.1 Å². The zero-order valence-electron chi connectivity index (χ0n) is 13.3. The van der Waals surface area contributed by atoms with Crippen molar-refractivity contribution >= 4 is 22.4 Å². The van der Waals surface area contributed by atoms with E-state index in [4.69, 9.17) is 11.5 Å². The molecule has 0 spiro atoms. The Morgan fingerprint density at radius 2 is 1.86 bits per heavy atom. The second-order valence-corrected chi connectivity index (χ2v) is 6.24. The van der Waals surface area contributed by atoms with E-state index in [1.165, 1.54) is 19.3 Å². The van der Waals surface area contributed by atoms with Crippen molar-refractivity contribution in [1.29, 1.82) is 0 Å². The molecule has 0 unspecified atom stereocenters. The molecule has 1 aliphatic rings. The summed E-state index contributed by atoms with van der Waals surface area (Å²) < 4.78 is 0. The SMILES string of the molecule is Cc1cc(C)c2c(N)c(C(N)=NC3CCCCC3)nnc2c1.